The Morgan fingerprint density at radius 2 is 1.76 bits per heavy atom. The van der Waals surface area contributed by atoms with Gasteiger partial charge in [0, 0.05) is 38.1 Å². The Hall–Kier alpha value is -2.98. The molecule has 0 saturated carbocycles. The molecule has 0 aliphatic rings. The minimum Gasteiger partial charge on any atom is -0.355 e. The van der Waals surface area contributed by atoms with Crippen molar-refractivity contribution in [3.8, 4) is 11.1 Å². The molecule has 2 N–H and O–H groups in total. The topological polar surface area (TPSA) is 54.0 Å². The van der Waals surface area contributed by atoms with Crippen molar-refractivity contribution in [2.45, 2.75) is 13.1 Å². The molecule has 0 atom stereocenters. The number of nitrogens with zero attached hydrogens (tertiary/aromatic N) is 1. The predicted octanol–water partition coefficient (Wildman–Crippen LogP) is 3.40. The molecule has 0 aliphatic carbocycles. The van der Waals surface area contributed by atoms with E-state index in [0.29, 0.717) is 5.56 Å². The molecule has 25 heavy (non-hydrogen) atoms. The van der Waals surface area contributed by atoms with Crippen molar-refractivity contribution in [2.24, 2.45) is 0 Å². The monoisotopic (exact) mass is 331 g/mol. The van der Waals surface area contributed by atoms with Crippen LogP contribution in [0.1, 0.15) is 21.5 Å². The lowest BCUT2D eigenvalue weighted by Gasteiger charge is -2.12. The maximum absolute atomic E-state index is 12.2. The van der Waals surface area contributed by atoms with Crippen molar-refractivity contribution in [1.82, 2.24) is 15.6 Å². The molecule has 126 valence electrons. The van der Waals surface area contributed by atoms with Gasteiger partial charge < -0.3 is 10.6 Å². The Balaban J connectivity index is 1.80. The first-order valence-electron chi connectivity index (χ1n) is 8.28. The molecular weight excluding hydrogens is 310 g/mol. The highest BCUT2D eigenvalue weighted by Gasteiger charge is 2.12. The number of hydrogen-bond acceptors (Lipinski definition) is 3. The van der Waals surface area contributed by atoms with Crippen LogP contribution in [0.2, 0.25) is 0 Å². The number of hydrogen-bond donors (Lipinski definition) is 2. The number of pyridine rings is 1. The van der Waals surface area contributed by atoms with Crippen LogP contribution in [-0.4, -0.2) is 17.9 Å². The minimum absolute atomic E-state index is 0.0753. The third-order valence-corrected chi connectivity index (χ3v) is 4.02. The third kappa shape index (κ3) is 4.31. The number of carbonyl (C=O) groups is 1. The van der Waals surface area contributed by atoms with Crippen molar-refractivity contribution >= 4 is 5.91 Å². The summed E-state index contributed by atoms with van der Waals surface area (Å²) < 4.78 is 0. The molecule has 0 saturated heterocycles. The lowest BCUT2D eigenvalue weighted by Crippen LogP contribution is -2.19. The quantitative estimate of drug-likeness (QED) is 0.728. The Morgan fingerprint density at radius 1 is 0.960 bits per heavy atom. The summed E-state index contributed by atoms with van der Waals surface area (Å²) in [7, 11) is 1.65. The van der Waals surface area contributed by atoms with Crippen molar-refractivity contribution in [3.63, 3.8) is 0 Å². The molecule has 0 fully saturated rings. The summed E-state index contributed by atoms with van der Waals surface area (Å²) in [5.74, 6) is -0.0753. The first-order valence-corrected chi connectivity index (χ1v) is 8.28. The molecule has 1 amide bonds. The van der Waals surface area contributed by atoms with E-state index in [1.165, 1.54) is 0 Å². The SMILES string of the molecule is CNC(=O)c1ccc(CNCc2cccnc2)cc1-c1ccccc1. The Bertz CT molecular complexity index is 832. The van der Waals surface area contributed by atoms with Gasteiger partial charge in [-0.25, -0.2) is 0 Å². The molecule has 3 rings (SSSR count). The molecule has 1 aromatic heterocycles. The van der Waals surface area contributed by atoms with Gasteiger partial charge in [-0.1, -0.05) is 42.5 Å². The van der Waals surface area contributed by atoms with E-state index in [9.17, 15) is 4.79 Å². The van der Waals surface area contributed by atoms with E-state index < -0.39 is 0 Å². The maximum atomic E-state index is 12.2. The summed E-state index contributed by atoms with van der Waals surface area (Å²) in [6, 6.07) is 19.9. The summed E-state index contributed by atoms with van der Waals surface area (Å²) in [6.45, 7) is 1.48. The van der Waals surface area contributed by atoms with E-state index in [1.54, 1.807) is 13.2 Å². The fourth-order valence-corrected chi connectivity index (χ4v) is 2.74. The second kappa shape index (κ2) is 8.22. The van der Waals surface area contributed by atoms with Gasteiger partial charge in [0.2, 0.25) is 0 Å². The summed E-state index contributed by atoms with van der Waals surface area (Å²) in [5, 5.41) is 6.13. The zero-order valence-corrected chi connectivity index (χ0v) is 14.2. The first kappa shape index (κ1) is 16.9. The lowest BCUT2D eigenvalue weighted by molar-refractivity contribution is 0.0963. The van der Waals surface area contributed by atoms with Crippen LogP contribution < -0.4 is 10.6 Å². The van der Waals surface area contributed by atoms with Crippen molar-refractivity contribution in [3.05, 3.63) is 89.7 Å². The number of rotatable bonds is 6. The highest BCUT2D eigenvalue weighted by molar-refractivity contribution is 6.00. The molecule has 4 heteroatoms. The number of aromatic nitrogens is 1. The zero-order valence-electron chi connectivity index (χ0n) is 14.2. The summed E-state index contributed by atoms with van der Waals surface area (Å²) in [6.07, 6.45) is 3.63. The normalized spacial score (nSPS) is 10.4. The number of nitrogens with one attached hydrogen (secondary N) is 2. The molecule has 1 heterocycles. The van der Waals surface area contributed by atoms with Crippen LogP contribution in [0.25, 0.3) is 11.1 Å². The molecule has 0 radical (unpaired) electrons. The lowest BCUT2D eigenvalue weighted by atomic mass is 9.96. The fourth-order valence-electron chi connectivity index (χ4n) is 2.74. The fraction of sp³-hybridized carbons (Fsp3) is 0.143. The van der Waals surface area contributed by atoms with Crippen LogP contribution in [0.15, 0.2) is 73.1 Å². The number of carbonyl (C=O) groups excluding carboxylic acids is 1. The molecule has 2 aromatic carbocycles. The molecule has 0 bridgehead atoms. The van der Waals surface area contributed by atoms with Crippen LogP contribution in [-0.2, 0) is 13.1 Å². The van der Waals surface area contributed by atoms with Crippen molar-refractivity contribution < 1.29 is 4.79 Å². The molecule has 0 unspecified atom stereocenters. The van der Waals surface area contributed by atoms with Crippen molar-refractivity contribution in [1.29, 1.82) is 0 Å². The van der Waals surface area contributed by atoms with E-state index in [2.05, 4.69) is 21.7 Å². The highest BCUT2D eigenvalue weighted by atomic mass is 16.1. The van der Waals surface area contributed by atoms with Gasteiger partial charge in [0.1, 0.15) is 0 Å². The molecule has 4 nitrogen and oxygen atoms in total. The zero-order chi connectivity index (χ0) is 17.5. The highest BCUT2D eigenvalue weighted by Crippen LogP contribution is 2.25. The van der Waals surface area contributed by atoms with E-state index in [1.807, 2.05) is 60.8 Å². The minimum atomic E-state index is -0.0753. The van der Waals surface area contributed by atoms with Gasteiger partial charge in [-0.15, -0.1) is 0 Å². The van der Waals surface area contributed by atoms with E-state index in [4.69, 9.17) is 0 Å². The number of amides is 1. The van der Waals surface area contributed by atoms with Crippen LogP contribution in [0.5, 0.6) is 0 Å². The predicted molar refractivity (Wildman–Crippen MR) is 100 cm³/mol. The van der Waals surface area contributed by atoms with Gasteiger partial charge >= 0.3 is 0 Å². The summed E-state index contributed by atoms with van der Waals surface area (Å²) in [5.41, 5.74) is 4.95. The van der Waals surface area contributed by atoms with Crippen LogP contribution in [0.3, 0.4) is 0 Å². The largest absolute Gasteiger partial charge is 0.355 e. The number of benzene rings is 2. The van der Waals surface area contributed by atoms with Gasteiger partial charge in [-0.3, -0.25) is 9.78 Å². The van der Waals surface area contributed by atoms with Crippen LogP contribution >= 0.6 is 0 Å². The van der Waals surface area contributed by atoms with Gasteiger partial charge in [-0.2, -0.15) is 0 Å². The van der Waals surface area contributed by atoms with Crippen LogP contribution in [0.4, 0.5) is 0 Å². The Morgan fingerprint density at radius 3 is 2.48 bits per heavy atom. The van der Waals surface area contributed by atoms with Gasteiger partial charge in [0.05, 0.1) is 0 Å². The van der Waals surface area contributed by atoms with Gasteiger partial charge in [0.15, 0.2) is 0 Å². The van der Waals surface area contributed by atoms with Gasteiger partial charge in [-0.05, 0) is 40.5 Å². The average molecular weight is 331 g/mol. The van der Waals surface area contributed by atoms with E-state index in [-0.39, 0.29) is 5.91 Å². The van der Waals surface area contributed by atoms with Crippen LogP contribution in [0, 0.1) is 0 Å². The third-order valence-electron chi connectivity index (χ3n) is 4.02. The second-order valence-electron chi connectivity index (χ2n) is 5.79. The van der Waals surface area contributed by atoms with Crippen molar-refractivity contribution in [2.75, 3.05) is 7.05 Å². The standard InChI is InChI=1S/C21H21N3O/c1-22-21(25)19-10-9-16(12-20(19)18-7-3-2-4-8-18)13-24-15-17-6-5-11-23-14-17/h2-12,14,24H,13,15H2,1H3,(H,22,25). The summed E-state index contributed by atoms with van der Waals surface area (Å²) >= 11 is 0. The average Bonchev–Trinajstić information content (AvgIpc) is 2.69. The summed E-state index contributed by atoms with van der Waals surface area (Å²) in [4.78, 5) is 16.3. The second-order valence-corrected chi connectivity index (χ2v) is 5.79. The first-order chi connectivity index (χ1) is 12.3. The molecule has 3 aromatic rings. The molecule has 0 spiro atoms. The van der Waals surface area contributed by atoms with Gasteiger partial charge in [0.25, 0.3) is 5.91 Å². The molecule has 0 aliphatic heterocycles. The molecular formula is C21H21N3O. The Kier molecular flexibility index (Phi) is 5.54. The van der Waals surface area contributed by atoms with E-state index in [0.717, 1.165) is 35.3 Å². The maximum Gasteiger partial charge on any atom is 0.251 e. The Labute approximate surface area is 147 Å². The van der Waals surface area contributed by atoms with E-state index >= 15 is 0 Å². The smallest absolute Gasteiger partial charge is 0.251 e.